The summed E-state index contributed by atoms with van der Waals surface area (Å²) < 4.78 is 0. The van der Waals surface area contributed by atoms with Crippen molar-refractivity contribution in [3.8, 4) is 22.3 Å². The number of rotatable bonds is 4. The second-order valence-corrected chi connectivity index (χ2v) is 25.1. The van der Waals surface area contributed by atoms with Crippen molar-refractivity contribution in [3.05, 3.63) is 190 Å². The monoisotopic (exact) mass is 889 g/mol. The van der Waals surface area contributed by atoms with E-state index in [1.807, 2.05) is 0 Å². The van der Waals surface area contributed by atoms with Crippen LogP contribution >= 0.6 is 0 Å². The Balaban J connectivity index is 0.885. The van der Waals surface area contributed by atoms with E-state index < -0.39 is 0 Å². The Labute approximate surface area is 405 Å². The maximum atomic E-state index is 16.2. The molecule has 0 saturated heterocycles. The van der Waals surface area contributed by atoms with Crippen LogP contribution in [0, 0.1) is 71.0 Å². The van der Waals surface area contributed by atoms with Crippen LogP contribution in [0.25, 0.3) is 22.3 Å². The summed E-state index contributed by atoms with van der Waals surface area (Å²) in [6.45, 7) is 9.67. The predicted molar refractivity (Wildman–Crippen MR) is 276 cm³/mol. The Kier molecular flexibility index (Phi) is 8.72. The highest BCUT2D eigenvalue weighted by Gasteiger charge is 2.72. The first kappa shape index (κ1) is 40.8. The Morgan fingerprint density at radius 1 is 0.338 bits per heavy atom. The molecule has 68 heavy (non-hydrogen) atoms. The molecule has 0 N–H and O–H groups in total. The molecule has 14 atom stereocenters. The molecule has 1 heteroatoms. The number of carbonyl (C=O) groups excluding carboxylic acids is 1. The highest BCUT2D eigenvalue weighted by molar-refractivity contribution is 5.96. The molecular weight excluding hydrogens is 821 g/mol. The summed E-state index contributed by atoms with van der Waals surface area (Å²) in [5, 5.41) is 0. The van der Waals surface area contributed by atoms with E-state index in [0.29, 0.717) is 47.2 Å². The van der Waals surface area contributed by atoms with E-state index in [1.165, 1.54) is 107 Å². The molecule has 9 aliphatic rings. The Bertz CT molecular complexity index is 2810. The van der Waals surface area contributed by atoms with Gasteiger partial charge in [0.15, 0.2) is 0 Å². The van der Waals surface area contributed by atoms with E-state index in [9.17, 15) is 0 Å². The second kappa shape index (κ2) is 14.5. The normalized spacial score (nSPS) is 37.8. The third-order valence-electron chi connectivity index (χ3n) is 22.3. The minimum absolute atomic E-state index is 0.0560. The molecule has 9 aliphatic carbocycles. The molecule has 342 valence electrons. The van der Waals surface area contributed by atoms with Crippen LogP contribution < -0.4 is 0 Å². The van der Waals surface area contributed by atoms with Crippen LogP contribution in [0.3, 0.4) is 0 Å². The van der Waals surface area contributed by atoms with Crippen molar-refractivity contribution in [2.45, 2.75) is 114 Å². The number of Topliss-reactive ketones (excluding diaryl/α,β-unsaturated/α-hetero) is 1. The molecule has 0 radical (unpaired) electrons. The van der Waals surface area contributed by atoms with Crippen LogP contribution in [0.4, 0.5) is 0 Å². The van der Waals surface area contributed by atoms with Crippen LogP contribution in [0.1, 0.15) is 147 Å². The molecule has 1 nitrogen and oxygen atoms in total. The summed E-state index contributed by atoms with van der Waals surface area (Å²) in [7, 11) is 0. The molecule has 0 aliphatic heterocycles. The van der Waals surface area contributed by atoms with E-state index in [1.54, 1.807) is 11.1 Å². The maximum Gasteiger partial charge on any atom is 0.148 e. The quantitative estimate of drug-likeness (QED) is 0.172. The first-order valence-electron chi connectivity index (χ1n) is 27.3. The molecule has 0 bridgehead atoms. The molecule has 15 rings (SSSR count). The minimum Gasteiger partial charge on any atom is -0.298 e. The fraction of sp³-hybridized carbons (Fsp3) is 0.448. The summed E-state index contributed by atoms with van der Waals surface area (Å²) in [5.41, 5.74) is 16.9. The lowest BCUT2D eigenvalue weighted by atomic mass is 9.49. The number of carbonyl (C=O) groups is 1. The van der Waals surface area contributed by atoms with Crippen LogP contribution in [-0.2, 0) is 15.6 Å². The summed E-state index contributed by atoms with van der Waals surface area (Å²) in [6, 6.07) is 57.0. The number of hydrogen-bond donors (Lipinski definition) is 0. The van der Waals surface area contributed by atoms with Gasteiger partial charge in [0.25, 0.3) is 0 Å². The average Bonchev–Trinajstić information content (AvgIpc) is 4.10. The van der Waals surface area contributed by atoms with E-state index in [0.717, 1.165) is 41.4 Å². The van der Waals surface area contributed by atoms with Crippen molar-refractivity contribution < 1.29 is 4.79 Å². The maximum absolute atomic E-state index is 16.2. The van der Waals surface area contributed by atoms with Gasteiger partial charge in [-0.15, -0.1) is 0 Å². The first-order valence-corrected chi connectivity index (χ1v) is 27.3. The van der Waals surface area contributed by atoms with Gasteiger partial charge in [0.05, 0.1) is 0 Å². The van der Waals surface area contributed by atoms with Gasteiger partial charge in [-0.2, -0.15) is 0 Å². The van der Waals surface area contributed by atoms with Crippen molar-refractivity contribution in [2.75, 3.05) is 0 Å². The summed E-state index contributed by atoms with van der Waals surface area (Å²) in [4.78, 5) is 16.2. The summed E-state index contributed by atoms with van der Waals surface area (Å²) in [5.74, 6) is 9.80. The third-order valence-corrected chi connectivity index (χ3v) is 22.3. The van der Waals surface area contributed by atoms with Crippen LogP contribution in [0.15, 0.2) is 146 Å². The molecule has 14 unspecified atom stereocenters. The number of benzene rings is 6. The fourth-order valence-corrected chi connectivity index (χ4v) is 20.3. The molecule has 0 heterocycles. The van der Waals surface area contributed by atoms with Crippen molar-refractivity contribution in [3.63, 3.8) is 0 Å². The highest BCUT2D eigenvalue weighted by Crippen LogP contribution is 2.78. The molecule has 7 fully saturated rings. The van der Waals surface area contributed by atoms with Crippen molar-refractivity contribution in [2.24, 2.45) is 71.0 Å². The van der Waals surface area contributed by atoms with Crippen molar-refractivity contribution in [1.82, 2.24) is 0 Å². The lowest BCUT2D eigenvalue weighted by Crippen LogP contribution is -2.46. The van der Waals surface area contributed by atoms with Crippen LogP contribution in [0.5, 0.6) is 0 Å². The van der Waals surface area contributed by atoms with Gasteiger partial charge in [-0.1, -0.05) is 186 Å². The summed E-state index contributed by atoms with van der Waals surface area (Å²) >= 11 is 0. The van der Waals surface area contributed by atoms with E-state index in [4.69, 9.17) is 0 Å². The van der Waals surface area contributed by atoms with Gasteiger partial charge in [-0.05, 0) is 188 Å². The molecule has 0 spiro atoms. The average molecular weight is 889 g/mol. The van der Waals surface area contributed by atoms with Gasteiger partial charge in [-0.25, -0.2) is 0 Å². The smallest absolute Gasteiger partial charge is 0.148 e. The number of hydrogen-bond acceptors (Lipinski definition) is 1. The second-order valence-electron chi connectivity index (χ2n) is 25.1. The topological polar surface area (TPSA) is 17.1 Å². The zero-order chi connectivity index (χ0) is 45.4. The highest BCUT2D eigenvalue weighted by atomic mass is 16.1. The molecule has 7 saturated carbocycles. The van der Waals surface area contributed by atoms with Crippen LogP contribution in [-0.4, -0.2) is 5.78 Å². The zero-order valence-corrected chi connectivity index (χ0v) is 40.7. The first-order chi connectivity index (χ1) is 33.2. The lowest BCUT2D eigenvalue weighted by Gasteiger charge is -2.55. The van der Waals surface area contributed by atoms with E-state index in [2.05, 4.69) is 173 Å². The summed E-state index contributed by atoms with van der Waals surface area (Å²) in [6.07, 6.45) is 10.9. The van der Waals surface area contributed by atoms with Gasteiger partial charge in [0.2, 0.25) is 0 Å². The minimum atomic E-state index is -0.0974. The molecule has 6 aromatic carbocycles. The van der Waals surface area contributed by atoms with Crippen molar-refractivity contribution in [1.29, 1.82) is 0 Å². The molecule has 0 amide bonds. The standard InChI is InChI=1S/C67H68O/c1-66(2)51-25-15-13-21-41(51)43-29-27-39(35-53(43)66)57-63-49-33-31-47-59-48(62-56(38-19-9-6-10-20-38)46-24-12-11-23-45(46)55(61(47)62)37-17-7-5-8-18-37)32-34-50(60(49)59)64(63)58(65(57)68)40-28-30-44-42-22-14-16-26-52(42)67(3,4)54(44)36-40/h5-10,13-22,25-30,35-36,45-50,55-64H,11-12,23-24,31-34H2,1-4H3. The largest absolute Gasteiger partial charge is 0.298 e. The van der Waals surface area contributed by atoms with E-state index >= 15 is 4.79 Å². The van der Waals surface area contributed by atoms with Gasteiger partial charge in [0.1, 0.15) is 5.78 Å². The van der Waals surface area contributed by atoms with Gasteiger partial charge in [-0.3, -0.25) is 4.79 Å². The van der Waals surface area contributed by atoms with Gasteiger partial charge < -0.3 is 0 Å². The van der Waals surface area contributed by atoms with Crippen molar-refractivity contribution >= 4 is 5.78 Å². The molecule has 0 aromatic heterocycles. The Morgan fingerprint density at radius 2 is 0.706 bits per heavy atom. The van der Waals surface area contributed by atoms with Gasteiger partial charge in [0, 0.05) is 22.7 Å². The lowest BCUT2D eigenvalue weighted by molar-refractivity contribution is -0.121. The van der Waals surface area contributed by atoms with Gasteiger partial charge >= 0.3 is 0 Å². The van der Waals surface area contributed by atoms with Crippen LogP contribution in [0.2, 0.25) is 0 Å². The fourth-order valence-electron chi connectivity index (χ4n) is 20.3. The zero-order valence-electron chi connectivity index (χ0n) is 40.7. The molecule has 6 aromatic rings. The Morgan fingerprint density at radius 3 is 1.13 bits per heavy atom. The number of fused-ring (bicyclic) bond motifs is 13. The Hall–Kier alpha value is -5.01. The SMILES string of the molecule is CC1(C)c2ccccc2-c2ccc(C3C(=O)C(c4ccc5c(c4)C(C)(C)c4ccccc4-5)C4C5CCC6C7C(CCC(C34)C57)C3C(c4ccccc4)C4CCCCC4C(c4ccccc4)C63)cc21. The number of ketones is 1. The molecular formula is C67H68O. The third kappa shape index (κ3) is 5.27. The predicted octanol–water partition coefficient (Wildman–Crippen LogP) is 15.9. The van der Waals surface area contributed by atoms with E-state index in [-0.39, 0.29) is 22.7 Å².